The fourth-order valence-corrected chi connectivity index (χ4v) is 9.03. The largest absolute Gasteiger partial charge is 0.459 e. The van der Waals surface area contributed by atoms with E-state index >= 15 is 0 Å². The smallest absolute Gasteiger partial charge is 0.331 e. The summed E-state index contributed by atoms with van der Waals surface area (Å²) in [4.78, 5) is 26.2. The molecule has 0 unspecified atom stereocenters. The topological polar surface area (TPSA) is 161 Å². The van der Waals surface area contributed by atoms with Crippen molar-refractivity contribution in [2.24, 2.45) is 34.5 Å². The fourth-order valence-electron chi connectivity index (χ4n) is 9.03. The highest BCUT2D eigenvalue weighted by Crippen LogP contribution is 2.64. The van der Waals surface area contributed by atoms with Crippen LogP contribution in [0.3, 0.4) is 0 Å². The van der Waals surface area contributed by atoms with Gasteiger partial charge in [-0.2, -0.15) is 0 Å². The number of esters is 1. The number of benzene rings is 1. The lowest BCUT2D eigenvalue weighted by Gasteiger charge is -2.64. The number of carbonyl (C=O) groups is 2. The van der Waals surface area contributed by atoms with Crippen LogP contribution in [-0.2, 0) is 33.3 Å². The van der Waals surface area contributed by atoms with Crippen LogP contribution in [0.4, 0.5) is 0 Å². The maximum Gasteiger partial charge on any atom is 0.331 e. The molecule has 0 spiro atoms. The molecule has 1 aromatic carbocycles. The summed E-state index contributed by atoms with van der Waals surface area (Å²) in [6, 6.07) is 9.49. The molecule has 4 aliphatic rings. The van der Waals surface area contributed by atoms with Gasteiger partial charge < -0.3 is 48.9 Å². The van der Waals surface area contributed by atoms with Crippen molar-refractivity contribution in [1.29, 1.82) is 0 Å². The highest BCUT2D eigenvalue weighted by atomic mass is 16.7. The Morgan fingerprint density at radius 3 is 2.47 bits per heavy atom. The van der Waals surface area contributed by atoms with Gasteiger partial charge in [-0.05, 0) is 61.5 Å². The molecule has 0 radical (unpaired) electrons. The normalized spacial score (nSPS) is 43.8. The van der Waals surface area contributed by atoms with Gasteiger partial charge >= 0.3 is 5.97 Å². The van der Waals surface area contributed by atoms with E-state index in [0.717, 1.165) is 31.1 Å². The molecule has 11 nitrogen and oxygen atoms in total. The molecule has 262 valence electrons. The summed E-state index contributed by atoms with van der Waals surface area (Å²) in [5.74, 6) is -1.02. The molecule has 2 saturated heterocycles. The van der Waals surface area contributed by atoms with Crippen LogP contribution in [0, 0.1) is 34.5 Å². The van der Waals surface area contributed by atoms with E-state index in [4.69, 9.17) is 23.7 Å². The van der Waals surface area contributed by atoms with Crippen molar-refractivity contribution >= 4 is 18.3 Å². The zero-order chi connectivity index (χ0) is 33.9. The van der Waals surface area contributed by atoms with Gasteiger partial charge in [0.1, 0.15) is 36.8 Å². The molecule has 2 saturated carbocycles. The van der Waals surface area contributed by atoms with E-state index in [1.807, 2.05) is 37.3 Å². The first-order valence-electron chi connectivity index (χ1n) is 17.0. The summed E-state index contributed by atoms with van der Waals surface area (Å²) in [5.41, 5.74) is -0.392. The molecule has 11 heteroatoms. The lowest BCUT2D eigenvalue weighted by Crippen LogP contribution is -2.67. The van der Waals surface area contributed by atoms with Crippen LogP contribution in [0.1, 0.15) is 64.9 Å². The van der Waals surface area contributed by atoms with Gasteiger partial charge in [0.15, 0.2) is 12.6 Å². The SMILES string of the molecule is CO[C@@H]1OCC[C@@H]1CC[C@@]1(C)[C@H](C)C[C@H](O[C@@H]2O[C@H](CO)[C@@H](O)[C@H](O)[C@H]2O)[C@@]2(C)[C@H](C=O)CC[C@@H](OC(=O)C=Cc3ccccc3)[C@H]12. The number of carbonyl (C=O) groups excluding carboxylic acids is 2. The Labute approximate surface area is 277 Å². The molecule has 2 heterocycles. The number of aliphatic hydroxyl groups is 4. The zero-order valence-electron chi connectivity index (χ0n) is 27.9. The summed E-state index contributed by atoms with van der Waals surface area (Å²) >= 11 is 0. The average molecular weight is 661 g/mol. The first kappa shape index (κ1) is 36.1. The van der Waals surface area contributed by atoms with Crippen LogP contribution in [0.2, 0.25) is 0 Å². The second-order valence-electron chi connectivity index (χ2n) is 14.4. The first-order valence-corrected chi connectivity index (χ1v) is 17.0. The number of aliphatic hydroxyl groups excluding tert-OH is 4. The van der Waals surface area contributed by atoms with E-state index in [1.165, 1.54) is 6.08 Å². The van der Waals surface area contributed by atoms with Crippen LogP contribution >= 0.6 is 0 Å². The van der Waals surface area contributed by atoms with Crippen LogP contribution in [0.5, 0.6) is 0 Å². The minimum absolute atomic E-state index is 0.0187. The summed E-state index contributed by atoms with van der Waals surface area (Å²) in [6.07, 6.45) is -0.570. The summed E-state index contributed by atoms with van der Waals surface area (Å²) in [7, 11) is 1.65. The van der Waals surface area contributed by atoms with Gasteiger partial charge in [-0.25, -0.2) is 4.79 Å². The van der Waals surface area contributed by atoms with E-state index in [2.05, 4.69) is 13.8 Å². The molecule has 2 aliphatic heterocycles. The van der Waals surface area contributed by atoms with Crippen LogP contribution in [0.25, 0.3) is 6.08 Å². The van der Waals surface area contributed by atoms with E-state index in [1.54, 1.807) is 13.2 Å². The quantitative estimate of drug-likeness (QED) is 0.157. The predicted octanol–water partition coefficient (Wildman–Crippen LogP) is 2.86. The third-order valence-electron chi connectivity index (χ3n) is 11.9. The lowest BCUT2D eigenvalue weighted by atomic mass is 9.43. The van der Waals surface area contributed by atoms with Crippen molar-refractivity contribution < 1.29 is 53.7 Å². The first-order chi connectivity index (χ1) is 22.5. The number of aldehydes is 1. The second-order valence-corrected chi connectivity index (χ2v) is 14.4. The molecule has 4 N–H and O–H groups in total. The van der Waals surface area contributed by atoms with E-state index in [0.29, 0.717) is 25.9 Å². The summed E-state index contributed by atoms with van der Waals surface area (Å²) in [6.45, 7) is 6.42. The highest BCUT2D eigenvalue weighted by molar-refractivity contribution is 5.87. The number of methoxy groups -OCH3 is 1. The number of ether oxygens (including phenoxy) is 5. The van der Waals surface area contributed by atoms with Gasteiger partial charge in [0.05, 0.1) is 19.3 Å². The van der Waals surface area contributed by atoms with Crippen molar-refractivity contribution in [3.05, 3.63) is 42.0 Å². The van der Waals surface area contributed by atoms with Gasteiger partial charge in [-0.15, -0.1) is 0 Å². The standard InChI is InChI=1S/C36H52O11/c1-21-18-27(47-34-31(42)30(41)29(40)26(20-38)46-34)36(3)24(19-37)11-12-25(45-28(39)13-10-22-8-6-5-7-9-22)32(36)35(21,2)16-14-23-15-17-44-33(23)43-4/h5-10,13,19,21,23-27,29-34,38,40-42H,11-12,14-18,20H2,1-4H3/t21-,23+,24+,25-,26-,27+,29-,30+,31-,32-,33-,34+,35+,36-/m1/s1. The Bertz CT molecular complexity index is 1220. The van der Waals surface area contributed by atoms with E-state index in [9.17, 15) is 30.0 Å². The van der Waals surface area contributed by atoms with Crippen LogP contribution in [-0.4, -0.2) is 102 Å². The van der Waals surface area contributed by atoms with Crippen molar-refractivity contribution in [3.8, 4) is 0 Å². The summed E-state index contributed by atoms with van der Waals surface area (Å²) in [5, 5.41) is 41.5. The third-order valence-corrected chi connectivity index (χ3v) is 11.9. The molecular weight excluding hydrogens is 608 g/mol. The van der Waals surface area contributed by atoms with Gasteiger partial charge in [-0.3, -0.25) is 0 Å². The molecule has 0 aromatic heterocycles. The molecule has 5 rings (SSSR count). The van der Waals surface area contributed by atoms with Gasteiger partial charge in [0.2, 0.25) is 0 Å². The molecule has 14 atom stereocenters. The Kier molecular flexibility index (Phi) is 11.6. The third kappa shape index (κ3) is 7.10. The van der Waals surface area contributed by atoms with Crippen molar-refractivity contribution in [2.75, 3.05) is 20.3 Å². The molecular formula is C36H52O11. The van der Waals surface area contributed by atoms with Crippen molar-refractivity contribution in [1.82, 2.24) is 0 Å². The Hall–Kier alpha value is -2.22. The Balaban J connectivity index is 1.48. The Morgan fingerprint density at radius 2 is 1.79 bits per heavy atom. The summed E-state index contributed by atoms with van der Waals surface area (Å²) < 4.78 is 30.0. The fraction of sp³-hybridized carbons (Fsp3) is 0.722. The van der Waals surface area contributed by atoms with Crippen molar-refractivity contribution in [3.63, 3.8) is 0 Å². The van der Waals surface area contributed by atoms with Gasteiger partial charge in [0.25, 0.3) is 0 Å². The molecule has 47 heavy (non-hydrogen) atoms. The maximum atomic E-state index is 13.4. The second kappa shape index (κ2) is 15.1. The molecule has 0 amide bonds. The Morgan fingerprint density at radius 1 is 1.04 bits per heavy atom. The zero-order valence-corrected chi connectivity index (χ0v) is 27.9. The number of hydrogen-bond donors (Lipinski definition) is 4. The van der Waals surface area contributed by atoms with E-state index < -0.39 is 72.2 Å². The molecule has 0 bridgehead atoms. The lowest BCUT2D eigenvalue weighted by molar-refractivity contribution is -0.337. The number of rotatable bonds is 11. The number of hydrogen-bond acceptors (Lipinski definition) is 11. The van der Waals surface area contributed by atoms with Crippen molar-refractivity contribution in [2.45, 2.75) is 108 Å². The number of fused-ring (bicyclic) bond motifs is 1. The van der Waals surface area contributed by atoms with Crippen LogP contribution < -0.4 is 0 Å². The average Bonchev–Trinajstić information content (AvgIpc) is 3.54. The van der Waals surface area contributed by atoms with Crippen LogP contribution in [0.15, 0.2) is 36.4 Å². The minimum atomic E-state index is -1.60. The minimum Gasteiger partial charge on any atom is -0.459 e. The molecule has 4 fully saturated rings. The predicted molar refractivity (Wildman–Crippen MR) is 170 cm³/mol. The molecule has 1 aromatic rings. The van der Waals surface area contributed by atoms with E-state index in [-0.39, 0.29) is 24.0 Å². The monoisotopic (exact) mass is 660 g/mol. The molecule has 2 aliphatic carbocycles. The van der Waals surface area contributed by atoms with Gasteiger partial charge in [-0.1, -0.05) is 51.1 Å². The maximum absolute atomic E-state index is 13.4. The van der Waals surface area contributed by atoms with Gasteiger partial charge in [0, 0.05) is 36.4 Å². The highest BCUT2D eigenvalue weighted by Gasteiger charge is 2.65.